The fourth-order valence-electron chi connectivity index (χ4n) is 1.86. The lowest BCUT2D eigenvalue weighted by Gasteiger charge is -2.29. The summed E-state index contributed by atoms with van der Waals surface area (Å²) in [5.41, 5.74) is 0. The third-order valence-electron chi connectivity index (χ3n) is 2.98. The summed E-state index contributed by atoms with van der Waals surface area (Å²) in [7, 11) is -4.59. The van der Waals surface area contributed by atoms with Crippen molar-refractivity contribution in [2.45, 2.75) is 29.7 Å². The fourth-order valence-corrected chi connectivity index (χ4v) is 3.26. The minimum absolute atomic E-state index is 0.151. The molecule has 4 nitrogen and oxygen atoms in total. The first-order valence-electron chi connectivity index (χ1n) is 6.28. The molecule has 0 aliphatic carbocycles. The van der Waals surface area contributed by atoms with Gasteiger partial charge >= 0.3 is 12.4 Å². The molecule has 0 bridgehead atoms. The predicted octanol–water partition coefficient (Wildman–Crippen LogP) is 3.11. The largest absolute Gasteiger partial charge is 0.395 e. The fraction of sp³-hybridized carbons (Fsp3) is 0.500. The molecule has 24 heavy (non-hydrogen) atoms. The van der Waals surface area contributed by atoms with Crippen molar-refractivity contribution in [3.8, 4) is 0 Å². The van der Waals surface area contributed by atoms with E-state index in [9.17, 15) is 34.8 Å². The molecule has 0 saturated carbocycles. The molecule has 0 saturated heterocycles. The van der Waals surface area contributed by atoms with Crippen LogP contribution in [-0.2, 0) is 10.0 Å². The van der Waals surface area contributed by atoms with Gasteiger partial charge < -0.3 is 5.11 Å². The monoisotopic (exact) mass is 399 g/mol. The minimum atomic E-state index is -5.37. The van der Waals surface area contributed by atoms with Gasteiger partial charge in [0.2, 0.25) is 10.0 Å². The number of hydrogen-bond donors (Lipinski definition) is 2. The Morgan fingerprint density at radius 1 is 1.08 bits per heavy atom. The van der Waals surface area contributed by atoms with Crippen LogP contribution < -0.4 is 4.72 Å². The molecule has 138 valence electrons. The van der Waals surface area contributed by atoms with E-state index in [0.717, 1.165) is 24.3 Å². The summed E-state index contributed by atoms with van der Waals surface area (Å²) in [6.07, 6.45) is -12.9. The standard InChI is InChI=1S/C12H12ClF6NO3S/c13-7-1-3-8(4-2-7)24(22,23)20-10(6-21)9(12(17,18)19)5-11(14,15)16/h1-4,9-10,20-21H,5-6H2/t9?,10-/m1/s1. The smallest absolute Gasteiger partial charge is 0.393 e. The topological polar surface area (TPSA) is 66.4 Å². The number of hydrogen-bond acceptors (Lipinski definition) is 3. The van der Waals surface area contributed by atoms with Crippen LogP contribution in [0, 0.1) is 5.92 Å². The molecule has 1 aromatic carbocycles. The van der Waals surface area contributed by atoms with Gasteiger partial charge in [-0.25, -0.2) is 13.1 Å². The van der Waals surface area contributed by atoms with E-state index in [1.54, 1.807) is 0 Å². The average molecular weight is 400 g/mol. The van der Waals surface area contributed by atoms with Crippen molar-refractivity contribution < 1.29 is 39.9 Å². The van der Waals surface area contributed by atoms with Crippen molar-refractivity contribution in [1.29, 1.82) is 0 Å². The van der Waals surface area contributed by atoms with Gasteiger partial charge in [-0.05, 0) is 24.3 Å². The van der Waals surface area contributed by atoms with Crippen LogP contribution in [0.25, 0.3) is 0 Å². The Kier molecular flexibility index (Phi) is 6.53. The van der Waals surface area contributed by atoms with Gasteiger partial charge in [-0.1, -0.05) is 11.6 Å². The maximum absolute atomic E-state index is 12.9. The highest BCUT2D eigenvalue weighted by Crippen LogP contribution is 2.38. The van der Waals surface area contributed by atoms with Crippen LogP contribution in [0.4, 0.5) is 26.3 Å². The molecule has 1 aromatic rings. The van der Waals surface area contributed by atoms with E-state index in [1.807, 2.05) is 0 Å². The van der Waals surface area contributed by atoms with Gasteiger partial charge in [0.25, 0.3) is 0 Å². The highest BCUT2D eigenvalue weighted by molar-refractivity contribution is 7.89. The molecular formula is C12H12ClF6NO3S. The van der Waals surface area contributed by atoms with Crippen LogP contribution in [0.5, 0.6) is 0 Å². The van der Waals surface area contributed by atoms with Crippen LogP contribution in [0.2, 0.25) is 5.02 Å². The van der Waals surface area contributed by atoms with Crippen molar-refractivity contribution >= 4 is 21.6 Å². The lowest BCUT2D eigenvalue weighted by atomic mass is 9.96. The van der Waals surface area contributed by atoms with Gasteiger partial charge in [-0.2, -0.15) is 26.3 Å². The number of benzene rings is 1. The third kappa shape index (κ3) is 6.11. The first-order valence-corrected chi connectivity index (χ1v) is 8.14. The number of halogens is 7. The van der Waals surface area contributed by atoms with Crippen LogP contribution in [-0.4, -0.2) is 38.5 Å². The van der Waals surface area contributed by atoms with E-state index < -0.39 is 52.3 Å². The first kappa shape index (κ1) is 21.0. The van der Waals surface area contributed by atoms with Gasteiger partial charge in [0.05, 0.1) is 29.9 Å². The molecule has 0 fully saturated rings. The Bertz CT molecular complexity index is 644. The summed E-state index contributed by atoms with van der Waals surface area (Å²) >= 11 is 5.55. The number of alkyl halides is 6. The van der Waals surface area contributed by atoms with E-state index in [2.05, 4.69) is 0 Å². The van der Waals surface area contributed by atoms with Gasteiger partial charge in [0.15, 0.2) is 0 Å². The Hall–Kier alpha value is -1.04. The van der Waals surface area contributed by atoms with Gasteiger partial charge in [0.1, 0.15) is 0 Å². The van der Waals surface area contributed by atoms with E-state index in [-0.39, 0.29) is 5.02 Å². The Morgan fingerprint density at radius 3 is 1.96 bits per heavy atom. The number of rotatable bonds is 6. The second-order valence-electron chi connectivity index (χ2n) is 4.83. The van der Waals surface area contributed by atoms with E-state index in [4.69, 9.17) is 16.7 Å². The molecule has 12 heteroatoms. The van der Waals surface area contributed by atoms with Gasteiger partial charge in [-0.3, -0.25) is 0 Å². The zero-order chi connectivity index (χ0) is 18.8. The van der Waals surface area contributed by atoms with Crippen molar-refractivity contribution in [2.24, 2.45) is 5.92 Å². The SMILES string of the molecule is O=S(=O)(N[C@H](CO)C(CC(F)(F)F)C(F)(F)F)c1ccc(Cl)cc1. The molecule has 2 atom stereocenters. The maximum atomic E-state index is 12.9. The summed E-state index contributed by atoms with van der Waals surface area (Å²) in [5.74, 6) is -3.13. The van der Waals surface area contributed by atoms with Crippen LogP contribution in [0.15, 0.2) is 29.2 Å². The lowest BCUT2D eigenvalue weighted by molar-refractivity contribution is -0.226. The highest BCUT2D eigenvalue weighted by atomic mass is 35.5. The molecule has 0 amide bonds. The molecule has 0 aliphatic heterocycles. The summed E-state index contributed by atoms with van der Waals surface area (Å²) < 4.78 is 101. The zero-order valence-electron chi connectivity index (χ0n) is 11.7. The van der Waals surface area contributed by atoms with Crippen molar-refractivity contribution in [2.75, 3.05) is 6.61 Å². The molecule has 2 N–H and O–H groups in total. The number of aliphatic hydroxyl groups is 1. The molecule has 1 unspecified atom stereocenters. The van der Waals surface area contributed by atoms with E-state index >= 15 is 0 Å². The van der Waals surface area contributed by atoms with E-state index in [1.165, 1.54) is 4.72 Å². The maximum Gasteiger partial charge on any atom is 0.393 e. The normalized spacial score (nSPS) is 16.0. The predicted molar refractivity (Wildman–Crippen MR) is 72.9 cm³/mol. The third-order valence-corrected chi connectivity index (χ3v) is 4.74. The number of aliphatic hydroxyl groups excluding tert-OH is 1. The molecule has 0 aliphatic rings. The minimum Gasteiger partial charge on any atom is -0.395 e. The van der Waals surface area contributed by atoms with Gasteiger partial charge in [-0.15, -0.1) is 0 Å². The average Bonchev–Trinajstić information content (AvgIpc) is 2.41. The van der Waals surface area contributed by atoms with Crippen molar-refractivity contribution in [1.82, 2.24) is 4.72 Å². The summed E-state index contributed by atoms with van der Waals surface area (Å²) in [5, 5.41) is 9.15. The summed E-state index contributed by atoms with van der Waals surface area (Å²) in [6, 6.07) is 1.81. The van der Waals surface area contributed by atoms with Crippen molar-refractivity contribution in [3.05, 3.63) is 29.3 Å². The molecule has 0 heterocycles. The Balaban J connectivity index is 3.11. The van der Waals surface area contributed by atoms with Crippen LogP contribution in [0.3, 0.4) is 0 Å². The van der Waals surface area contributed by atoms with Gasteiger partial charge in [0, 0.05) is 5.02 Å². The molecule has 0 spiro atoms. The Morgan fingerprint density at radius 2 is 1.58 bits per heavy atom. The number of sulfonamides is 1. The Labute approximate surface area is 138 Å². The molecular weight excluding hydrogens is 388 g/mol. The molecule has 0 radical (unpaired) electrons. The quantitative estimate of drug-likeness (QED) is 0.722. The van der Waals surface area contributed by atoms with E-state index in [0.29, 0.717) is 0 Å². The lowest BCUT2D eigenvalue weighted by Crippen LogP contribution is -2.49. The van der Waals surface area contributed by atoms with Crippen LogP contribution >= 0.6 is 11.6 Å². The second-order valence-corrected chi connectivity index (χ2v) is 6.98. The van der Waals surface area contributed by atoms with Crippen molar-refractivity contribution in [3.63, 3.8) is 0 Å². The van der Waals surface area contributed by atoms with Crippen LogP contribution in [0.1, 0.15) is 6.42 Å². The summed E-state index contributed by atoms with van der Waals surface area (Å²) in [4.78, 5) is -0.502. The zero-order valence-corrected chi connectivity index (χ0v) is 13.3. The number of nitrogens with one attached hydrogen (secondary N) is 1. The summed E-state index contributed by atoms with van der Waals surface area (Å²) in [6.45, 7) is -1.47. The highest BCUT2D eigenvalue weighted by Gasteiger charge is 2.51. The molecule has 1 rings (SSSR count). The second kappa shape index (κ2) is 7.46. The first-order chi connectivity index (χ1) is 10.8. The molecule has 0 aromatic heterocycles.